The van der Waals surface area contributed by atoms with Gasteiger partial charge in [0.1, 0.15) is 5.75 Å². The molecule has 2 rings (SSSR count). The molecule has 1 atom stereocenters. The van der Waals surface area contributed by atoms with Crippen molar-refractivity contribution in [1.82, 2.24) is 5.32 Å². The summed E-state index contributed by atoms with van der Waals surface area (Å²) in [5, 5.41) is 7.93. The number of carbonyl (C=O) groups excluding carboxylic acids is 1. The summed E-state index contributed by atoms with van der Waals surface area (Å²) in [4.78, 5) is 12.2. The van der Waals surface area contributed by atoms with Gasteiger partial charge < -0.3 is 10.1 Å². The molecule has 1 amide bonds. The van der Waals surface area contributed by atoms with Gasteiger partial charge in [-0.15, -0.1) is 0 Å². The van der Waals surface area contributed by atoms with Crippen LogP contribution in [0.15, 0.2) is 53.4 Å². The zero-order chi connectivity index (χ0) is 17.0. The first kappa shape index (κ1) is 17.0. The molecule has 0 aliphatic heterocycles. The number of hydrogen-bond donors (Lipinski definition) is 2. The Bertz CT molecular complexity index is 801. The van der Waals surface area contributed by atoms with Gasteiger partial charge in [0, 0.05) is 5.56 Å². The Balaban J connectivity index is 2.14. The fourth-order valence-corrected chi connectivity index (χ4v) is 2.64. The predicted molar refractivity (Wildman–Crippen MR) is 86.7 cm³/mol. The van der Waals surface area contributed by atoms with E-state index in [1.807, 2.05) is 0 Å². The first-order chi connectivity index (χ1) is 10.8. The van der Waals surface area contributed by atoms with Crippen molar-refractivity contribution in [2.45, 2.75) is 17.9 Å². The molecule has 3 N–H and O–H groups in total. The van der Waals surface area contributed by atoms with Gasteiger partial charge in [-0.05, 0) is 48.9 Å². The summed E-state index contributed by atoms with van der Waals surface area (Å²) in [6.45, 7) is 1.77. The van der Waals surface area contributed by atoms with Crippen molar-refractivity contribution in [3.05, 3.63) is 59.7 Å². The van der Waals surface area contributed by atoms with Crippen molar-refractivity contribution in [2.24, 2.45) is 5.14 Å². The average molecular weight is 334 g/mol. The highest BCUT2D eigenvalue weighted by atomic mass is 32.2. The topological polar surface area (TPSA) is 98.5 Å². The Hall–Kier alpha value is -2.38. The zero-order valence-corrected chi connectivity index (χ0v) is 13.6. The predicted octanol–water partition coefficient (Wildman–Crippen LogP) is 1.83. The maximum absolute atomic E-state index is 12.2. The van der Waals surface area contributed by atoms with Gasteiger partial charge in [0.05, 0.1) is 18.0 Å². The van der Waals surface area contributed by atoms with E-state index < -0.39 is 10.0 Å². The van der Waals surface area contributed by atoms with Crippen molar-refractivity contribution in [1.29, 1.82) is 0 Å². The first-order valence-corrected chi connectivity index (χ1v) is 8.43. The van der Waals surface area contributed by atoms with Crippen LogP contribution in [-0.2, 0) is 10.0 Å². The van der Waals surface area contributed by atoms with E-state index in [-0.39, 0.29) is 16.8 Å². The van der Waals surface area contributed by atoms with Gasteiger partial charge in [-0.25, -0.2) is 13.6 Å². The van der Waals surface area contributed by atoms with Crippen LogP contribution >= 0.6 is 0 Å². The summed E-state index contributed by atoms with van der Waals surface area (Å²) < 4.78 is 27.8. The summed E-state index contributed by atoms with van der Waals surface area (Å²) in [6, 6.07) is 12.5. The lowest BCUT2D eigenvalue weighted by molar-refractivity contribution is 0.0940. The Morgan fingerprint density at radius 3 is 2.39 bits per heavy atom. The van der Waals surface area contributed by atoms with Gasteiger partial charge in [0.2, 0.25) is 10.0 Å². The summed E-state index contributed by atoms with van der Waals surface area (Å²) in [6.07, 6.45) is 0. The highest BCUT2D eigenvalue weighted by Gasteiger charge is 2.14. The number of amides is 1. The average Bonchev–Trinajstić information content (AvgIpc) is 2.54. The SMILES string of the molecule is COc1ccc(C(=O)N[C@H](C)c2cccc(S(N)(=O)=O)c2)cc1. The molecule has 0 saturated carbocycles. The fourth-order valence-electron chi connectivity index (χ4n) is 2.07. The van der Waals surface area contributed by atoms with Crippen molar-refractivity contribution in [3.8, 4) is 5.75 Å². The molecule has 6 nitrogen and oxygen atoms in total. The Morgan fingerprint density at radius 1 is 1.17 bits per heavy atom. The molecule has 0 saturated heterocycles. The first-order valence-electron chi connectivity index (χ1n) is 6.89. The number of carbonyl (C=O) groups is 1. The second-order valence-electron chi connectivity index (χ2n) is 5.04. The normalized spacial score (nSPS) is 12.5. The van der Waals surface area contributed by atoms with Crippen molar-refractivity contribution in [2.75, 3.05) is 7.11 Å². The Labute approximate surface area is 135 Å². The fraction of sp³-hybridized carbons (Fsp3) is 0.188. The third kappa shape index (κ3) is 4.30. The third-order valence-corrected chi connectivity index (χ3v) is 4.30. The third-order valence-electron chi connectivity index (χ3n) is 3.39. The van der Waals surface area contributed by atoms with Gasteiger partial charge in [-0.1, -0.05) is 12.1 Å². The molecule has 0 heterocycles. The molecule has 122 valence electrons. The van der Waals surface area contributed by atoms with Crippen LogP contribution in [-0.4, -0.2) is 21.4 Å². The van der Waals surface area contributed by atoms with Crippen LogP contribution in [0.2, 0.25) is 0 Å². The number of nitrogens with one attached hydrogen (secondary N) is 1. The lowest BCUT2D eigenvalue weighted by Crippen LogP contribution is -2.26. The number of benzene rings is 2. The summed E-state index contributed by atoms with van der Waals surface area (Å²) in [5.74, 6) is 0.400. The number of primary sulfonamides is 1. The molecule has 0 bridgehead atoms. The summed E-state index contributed by atoms with van der Waals surface area (Å²) in [5.41, 5.74) is 1.14. The second kappa shape index (κ2) is 6.80. The van der Waals surface area contributed by atoms with Gasteiger partial charge in [-0.3, -0.25) is 4.79 Å². The molecule has 2 aromatic rings. The van der Waals surface area contributed by atoms with Crippen LogP contribution in [0.1, 0.15) is 28.9 Å². The van der Waals surface area contributed by atoms with Crippen LogP contribution in [0.5, 0.6) is 5.75 Å². The molecule has 23 heavy (non-hydrogen) atoms. The zero-order valence-electron chi connectivity index (χ0n) is 12.8. The van der Waals surface area contributed by atoms with Crippen molar-refractivity contribution < 1.29 is 17.9 Å². The molecular formula is C16H18N2O4S. The quantitative estimate of drug-likeness (QED) is 0.871. The molecule has 0 unspecified atom stereocenters. The van der Waals surface area contributed by atoms with E-state index in [4.69, 9.17) is 9.88 Å². The summed E-state index contributed by atoms with van der Waals surface area (Å²) in [7, 11) is -2.22. The number of nitrogens with two attached hydrogens (primary N) is 1. The largest absolute Gasteiger partial charge is 0.497 e. The number of hydrogen-bond acceptors (Lipinski definition) is 4. The van der Waals surface area contributed by atoms with Gasteiger partial charge in [0.25, 0.3) is 5.91 Å². The van der Waals surface area contributed by atoms with E-state index in [0.717, 1.165) is 0 Å². The number of methoxy groups -OCH3 is 1. The van der Waals surface area contributed by atoms with Gasteiger partial charge in [-0.2, -0.15) is 0 Å². The van der Waals surface area contributed by atoms with E-state index in [1.165, 1.54) is 12.1 Å². The minimum atomic E-state index is -3.77. The Kier molecular flexibility index (Phi) is 5.02. The van der Waals surface area contributed by atoms with E-state index in [1.54, 1.807) is 50.4 Å². The molecule has 0 radical (unpaired) electrons. The van der Waals surface area contributed by atoms with Crippen molar-refractivity contribution in [3.63, 3.8) is 0 Å². The molecule has 0 fully saturated rings. The van der Waals surface area contributed by atoms with Crippen LogP contribution in [0, 0.1) is 0 Å². The Morgan fingerprint density at radius 2 is 1.83 bits per heavy atom. The lowest BCUT2D eigenvalue weighted by atomic mass is 10.1. The van der Waals surface area contributed by atoms with E-state index in [2.05, 4.69) is 5.32 Å². The van der Waals surface area contributed by atoms with Crippen LogP contribution in [0.4, 0.5) is 0 Å². The molecular weight excluding hydrogens is 316 g/mol. The second-order valence-corrected chi connectivity index (χ2v) is 6.60. The summed E-state index contributed by atoms with van der Waals surface area (Å²) >= 11 is 0. The highest BCUT2D eigenvalue weighted by Crippen LogP contribution is 2.18. The minimum Gasteiger partial charge on any atom is -0.497 e. The van der Waals surface area contributed by atoms with Gasteiger partial charge >= 0.3 is 0 Å². The molecule has 0 aromatic heterocycles. The smallest absolute Gasteiger partial charge is 0.251 e. The number of ether oxygens (including phenoxy) is 1. The lowest BCUT2D eigenvalue weighted by Gasteiger charge is -2.15. The molecule has 0 aliphatic carbocycles. The molecule has 0 aliphatic rings. The molecule has 7 heteroatoms. The standard InChI is InChI=1S/C16H18N2O4S/c1-11(13-4-3-5-15(10-13)23(17,20)21)18-16(19)12-6-8-14(22-2)9-7-12/h3-11H,1-2H3,(H,18,19)(H2,17,20,21)/t11-/m1/s1. The maximum Gasteiger partial charge on any atom is 0.251 e. The van der Waals surface area contributed by atoms with E-state index >= 15 is 0 Å². The van der Waals surface area contributed by atoms with Crippen LogP contribution in [0.3, 0.4) is 0 Å². The maximum atomic E-state index is 12.2. The van der Waals surface area contributed by atoms with Crippen molar-refractivity contribution >= 4 is 15.9 Å². The van der Waals surface area contributed by atoms with E-state index in [9.17, 15) is 13.2 Å². The van der Waals surface area contributed by atoms with Crippen LogP contribution < -0.4 is 15.2 Å². The van der Waals surface area contributed by atoms with Gasteiger partial charge in [0.15, 0.2) is 0 Å². The highest BCUT2D eigenvalue weighted by molar-refractivity contribution is 7.89. The molecule has 2 aromatic carbocycles. The number of rotatable bonds is 5. The van der Waals surface area contributed by atoms with E-state index in [0.29, 0.717) is 16.9 Å². The minimum absolute atomic E-state index is 0.0144. The van der Waals surface area contributed by atoms with Crippen LogP contribution in [0.25, 0.3) is 0 Å². The monoisotopic (exact) mass is 334 g/mol. The molecule has 0 spiro atoms. The number of sulfonamides is 1.